The maximum atomic E-state index is 4.27. The molecular weight excluding hydrogens is 216 g/mol. The molecule has 6 nitrogen and oxygen atoms in total. The number of hydrogen-bond donors (Lipinski definition) is 1. The molecule has 2 aromatic heterocycles. The Morgan fingerprint density at radius 2 is 1.71 bits per heavy atom. The first kappa shape index (κ1) is 10.1. The van der Waals surface area contributed by atoms with Crippen molar-refractivity contribution in [2.75, 3.05) is 36.0 Å². The number of hydrogen-bond acceptors (Lipinski definition) is 5. The largest absolute Gasteiger partial charge is 0.365 e. The number of nitrogens with one attached hydrogen (secondary N) is 1. The highest BCUT2D eigenvalue weighted by molar-refractivity contribution is 5.44. The second-order valence-electron chi connectivity index (χ2n) is 3.98. The van der Waals surface area contributed by atoms with Crippen LogP contribution >= 0.6 is 0 Å². The summed E-state index contributed by atoms with van der Waals surface area (Å²) in [6.07, 6.45) is 7.35. The third-order valence-electron chi connectivity index (χ3n) is 2.96. The van der Waals surface area contributed by atoms with Crippen LogP contribution in [0.25, 0.3) is 0 Å². The molecule has 88 valence electrons. The average Bonchev–Trinajstić information content (AvgIpc) is 2.94. The molecule has 1 N–H and O–H groups in total. The number of aromatic nitrogens is 4. The summed E-state index contributed by atoms with van der Waals surface area (Å²) in [4.78, 5) is 13.0. The molecule has 17 heavy (non-hydrogen) atoms. The molecule has 1 saturated heterocycles. The maximum absolute atomic E-state index is 4.27. The number of anilines is 2. The van der Waals surface area contributed by atoms with Crippen LogP contribution in [-0.4, -0.2) is 46.3 Å². The fourth-order valence-electron chi connectivity index (χ4n) is 2.04. The van der Waals surface area contributed by atoms with Crippen LogP contribution in [-0.2, 0) is 0 Å². The number of piperazine rings is 1. The van der Waals surface area contributed by atoms with Crippen LogP contribution in [0.5, 0.6) is 0 Å². The minimum absolute atomic E-state index is 0.819. The Kier molecular flexibility index (Phi) is 2.61. The summed E-state index contributed by atoms with van der Waals surface area (Å²) in [5.41, 5.74) is 1.15. The first-order chi connectivity index (χ1) is 8.43. The second kappa shape index (κ2) is 4.40. The van der Waals surface area contributed by atoms with E-state index in [0.29, 0.717) is 0 Å². The summed E-state index contributed by atoms with van der Waals surface area (Å²) in [5, 5.41) is 6.81. The van der Waals surface area contributed by atoms with Crippen LogP contribution in [0.2, 0.25) is 0 Å². The molecule has 0 saturated carbocycles. The van der Waals surface area contributed by atoms with E-state index in [1.54, 1.807) is 12.4 Å². The summed E-state index contributed by atoms with van der Waals surface area (Å²) >= 11 is 0. The van der Waals surface area contributed by atoms with E-state index in [9.17, 15) is 0 Å². The first-order valence-corrected chi connectivity index (χ1v) is 5.69. The van der Waals surface area contributed by atoms with Crippen molar-refractivity contribution in [3.63, 3.8) is 0 Å². The Labute approximate surface area is 99.3 Å². The van der Waals surface area contributed by atoms with Crippen LogP contribution in [0, 0.1) is 0 Å². The van der Waals surface area contributed by atoms with Gasteiger partial charge in [0.25, 0.3) is 0 Å². The van der Waals surface area contributed by atoms with Crippen molar-refractivity contribution in [1.82, 2.24) is 20.2 Å². The molecule has 6 heteroatoms. The zero-order chi connectivity index (χ0) is 11.5. The predicted octanol–water partition coefficient (Wildman–Crippen LogP) is 0.526. The molecule has 0 spiro atoms. The molecular formula is C11H14N6. The monoisotopic (exact) mass is 230 g/mol. The topological polar surface area (TPSA) is 60.9 Å². The van der Waals surface area contributed by atoms with Gasteiger partial charge in [0, 0.05) is 44.8 Å². The predicted molar refractivity (Wildman–Crippen MR) is 65.0 cm³/mol. The van der Waals surface area contributed by atoms with Gasteiger partial charge in [-0.1, -0.05) is 0 Å². The third kappa shape index (κ3) is 2.06. The van der Waals surface area contributed by atoms with Gasteiger partial charge in [-0.3, -0.25) is 5.10 Å². The van der Waals surface area contributed by atoms with Gasteiger partial charge < -0.3 is 9.80 Å². The van der Waals surface area contributed by atoms with E-state index in [2.05, 4.69) is 30.0 Å². The van der Waals surface area contributed by atoms with Gasteiger partial charge in [-0.2, -0.15) is 5.10 Å². The van der Waals surface area contributed by atoms with Crippen LogP contribution in [0.15, 0.2) is 30.9 Å². The molecule has 0 atom stereocenters. The van der Waals surface area contributed by atoms with Crippen molar-refractivity contribution in [1.29, 1.82) is 0 Å². The molecule has 0 aliphatic carbocycles. The van der Waals surface area contributed by atoms with E-state index >= 15 is 0 Å². The van der Waals surface area contributed by atoms with Gasteiger partial charge in [0.05, 0.1) is 11.9 Å². The van der Waals surface area contributed by atoms with E-state index in [1.165, 1.54) is 0 Å². The molecule has 0 bridgehead atoms. The van der Waals surface area contributed by atoms with Gasteiger partial charge in [-0.25, -0.2) is 9.97 Å². The lowest BCUT2D eigenvalue weighted by Gasteiger charge is -2.35. The average molecular weight is 230 g/mol. The zero-order valence-electron chi connectivity index (χ0n) is 9.45. The summed E-state index contributed by atoms with van der Waals surface area (Å²) in [7, 11) is 0. The van der Waals surface area contributed by atoms with Crippen molar-refractivity contribution in [2.45, 2.75) is 0 Å². The number of nitrogens with zero attached hydrogens (tertiary/aromatic N) is 5. The highest BCUT2D eigenvalue weighted by Gasteiger charge is 2.19. The standard InChI is InChI=1S/C11H14N6/c1-2-12-11(13-3-1)17-6-4-16(5-7-17)10-8-14-15-9-10/h1-3,8-9H,4-7H2,(H,14,15). The van der Waals surface area contributed by atoms with Crippen molar-refractivity contribution in [3.8, 4) is 0 Å². The lowest BCUT2D eigenvalue weighted by atomic mass is 10.3. The Balaban J connectivity index is 1.65. The van der Waals surface area contributed by atoms with Crippen molar-refractivity contribution in [3.05, 3.63) is 30.9 Å². The van der Waals surface area contributed by atoms with E-state index in [-0.39, 0.29) is 0 Å². The third-order valence-corrected chi connectivity index (χ3v) is 2.96. The lowest BCUT2D eigenvalue weighted by Crippen LogP contribution is -2.47. The Bertz CT molecular complexity index is 446. The highest BCUT2D eigenvalue weighted by atomic mass is 15.3. The van der Waals surface area contributed by atoms with E-state index in [1.807, 2.05) is 18.5 Å². The molecule has 0 amide bonds. The SMILES string of the molecule is c1cnc(N2CCN(c3cn[nH]c3)CC2)nc1. The summed E-state index contributed by atoms with van der Waals surface area (Å²) < 4.78 is 0. The first-order valence-electron chi connectivity index (χ1n) is 5.69. The fraction of sp³-hybridized carbons (Fsp3) is 0.364. The summed E-state index contributed by atoms with van der Waals surface area (Å²) in [5.74, 6) is 0.819. The second-order valence-corrected chi connectivity index (χ2v) is 3.98. The Morgan fingerprint density at radius 1 is 1.00 bits per heavy atom. The molecule has 0 radical (unpaired) electrons. The van der Waals surface area contributed by atoms with Gasteiger partial charge >= 0.3 is 0 Å². The van der Waals surface area contributed by atoms with Crippen LogP contribution < -0.4 is 9.80 Å². The summed E-state index contributed by atoms with van der Waals surface area (Å²) in [6.45, 7) is 3.82. The number of H-pyrrole nitrogens is 1. The van der Waals surface area contributed by atoms with Gasteiger partial charge in [0.15, 0.2) is 0 Å². The van der Waals surface area contributed by atoms with Crippen molar-refractivity contribution < 1.29 is 0 Å². The molecule has 3 heterocycles. The molecule has 3 rings (SSSR count). The molecule has 1 aliphatic heterocycles. The van der Waals surface area contributed by atoms with Crippen LogP contribution in [0.4, 0.5) is 11.6 Å². The Morgan fingerprint density at radius 3 is 2.35 bits per heavy atom. The fourth-order valence-corrected chi connectivity index (χ4v) is 2.04. The van der Waals surface area contributed by atoms with Gasteiger partial charge in [-0.05, 0) is 6.07 Å². The molecule has 0 unspecified atom stereocenters. The minimum atomic E-state index is 0.819. The van der Waals surface area contributed by atoms with E-state index in [0.717, 1.165) is 37.8 Å². The van der Waals surface area contributed by atoms with Gasteiger partial charge in [0.2, 0.25) is 5.95 Å². The van der Waals surface area contributed by atoms with Crippen molar-refractivity contribution >= 4 is 11.6 Å². The number of aromatic amines is 1. The lowest BCUT2D eigenvalue weighted by molar-refractivity contribution is 0.640. The minimum Gasteiger partial charge on any atom is -0.365 e. The maximum Gasteiger partial charge on any atom is 0.225 e. The van der Waals surface area contributed by atoms with Crippen LogP contribution in [0.1, 0.15) is 0 Å². The normalized spacial score (nSPS) is 16.2. The smallest absolute Gasteiger partial charge is 0.225 e. The van der Waals surface area contributed by atoms with Gasteiger partial charge in [-0.15, -0.1) is 0 Å². The van der Waals surface area contributed by atoms with E-state index in [4.69, 9.17) is 0 Å². The zero-order valence-corrected chi connectivity index (χ0v) is 9.45. The number of rotatable bonds is 2. The molecule has 1 aliphatic rings. The van der Waals surface area contributed by atoms with Crippen molar-refractivity contribution in [2.24, 2.45) is 0 Å². The Hall–Kier alpha value is -2.11. The molecule has 1 fully saturated rings. The molecule has 2 aromatic rings. The quantitative estimate of drug-likeness (QED) is 0.815. The van der Waals surface area contributed by atoms with Gasteiger partial charge in [0.1, 0.15) is 0 Å². The highest BCUT2D eigenvalue weighted by Crippen LogP contribution is 2.15. The summed E-state index contributed by atoms with van der Waals surface area (Å²) in [6, 6.07) is 1.84. The molecule has 0 aromatic carbocycles. The van der Waals surface area contributed by atoms with E-state index < -0.39 is 0 Å². The van der Waals surface area contributed by atoms with Crippen LogP contribution in [0.3, 0.4) is 0 Å².